The Morgan fingerprint density at radius 3 is 0.916 bits per heavy atom. The summed E-state index contributed by atoms with van der Waals surface area (Å²) in [5.74, 6) is -0.0534. The lowest BCUT2D eigenvalue weighted by Gasteiger charge is -2.20. The van der Waals surface area contributed by atoms with E-state index in [1.807, 2.05) is 6.08 Å². The predicted octanol–water partition coefficient (Wildman–Crippen LogP) is 24.7. The second-order valence-corrected chi connectivity index (χ2v) is 26.0. The van der Waals surface area contributed by atoms with Crippen molar-refractivity contribution in [2.24, 2.45) is 0 Å². The molecule has 6 nitrogen and oxygen atoms in total. The quantitative estimate of drug-likeness (QED) is 0.0320. The number of carbonyl (C=O) groups is 2. The summed E-state index contributed by atoms with van der Waals surface area (Å²) in [5.41, 5.74) is 0. The Morgan fingerprint density at radius 1 is 0.337 bits per heavy atom. The molecular formula is C77H147NO5. The number of aliphatic hydroxyl groups is 2. The van der Waals surface area contributed by atoms with Gasteiger partial charge in [-0.25, -0.2) is 0 Å². The molecule has 1 amide bonds. The van der Waals surface area contributed by atoms with Crippen LogP contribution in [0.2, 0.25) is 0 Å². The average Bonchev–Trinajstić information content (AvgIpc) is 3.48. The van der Waals surface area contributed by atoms with Crippen LogP contribution in [0.3, 0.4) is 0 Å². The number of aliphatic hydroxyl groups excluding tert-OH is 2. The molecule has 0 aromatic heterocycles. The van der Waals surface area contributed by atoms with Crippen LogP contribution in [-0.4, -0.2) is 47.4 Å². The van der Waals surface area contributed by atoms with Crippen molar-refractivity contribution in [2.75, 3.05) is 13.2 Å². The van der Waals surface area contributed by atoms with Crippen molar-refractivity contribution in [2.45, 2.75) is 431 Å². The van der Waals surface area contributed by atoms with Crippen LogP contribution in [0.5, 0.6) is 0 Å². The summed E-state index contributed by atoms with van der Waals surface area (Å²) < 4.78 is 5.49. The lowest BCUT2D eigenvalue weighted by Crippen LogP contribution is -2.45. The molecule has 0 aliphatic heterocycles. The zero-order valence-corrected chi connectivity index (χ0v) is 56.2. The summed E-state index contributed by atoms with van der Waals surface area (Å²) >= 11 is 0. The SMILES string of the molecule is CCCCCCCCCCCCCCCCCCCCCCCCC/C=C/C(O)C(CO)NC(=O)CCCCCCCCCCCCC/C=C\C/C=C\CCCCCCCCCCCOC(=O)CCCCCCCCCCCCCCCC. The van der Waals surface area contributed by atoms with E-state index >= 15 is 0 Å². The van der Waals surface area contributed by atoms with Gasteiger partial charge in [-0.15, -0.1) is 0 Å². The molecule has 3 N–H and O–H groups in total. The van der Waals surface area contributed by atoms with Crippen LogP contribution < -0.4 is 5.32 Å². The van der Waals surface area contributed by atoms with Gasteiger partial charge in [0.25, 0.3) is 0 Å². The Bertz CT molecular complexity index is 1340. The molecule has 6 heteroatoms. The zero-order chi connectivity index (χ0) is 59.9. The highest BCUT2D eigenvalue weighted by molar-refractivity contribution is 5.76. The number of rotatable bonds is 71. The maximum Gasteiger partial charge on any atom is 0.305 e. The summed E-state index contributed by atoms with van der Waals surface area (Å²) in [6.45, 7) is 4.94. The van der Waals surface area contributed by atoms with Gasteiger partial charge < -0.3 is 20.3 Å². The molecule has 83 heavy (non-hydrogen) atoms. The van der Waals surface area contributed by atoms with E-state index in [-0.39, 0.29) is 18.5 Å². The number of esters is 1. The average molecular weight is 1170 g/mol. The van der Waals surface area contributed by atoms with Gasteiger partial charge in [-0.05, 0) is 64.2 Å². The Labute approximate surface area is 519 Å². The topological polar surface area (TPSA) is 95.9 Å². The fourth-order valence-corrected chi connectivity index (χ4v) is 11.9. The molecule has 0 aliphatic rings. The first-order chi connectivity index (χ1) is 41.0. The second-order valence-electron chi connectivity index (χ2n) is 26.0. The van der Waals surface area contributed by atoms with E-state index in [1.54, 1.807) is 6.08 Å². The zero-order valence-electron chi connectivity index (χ0n) is 56.2. The van der Waals surface area contributed by atoms with Gasteiger partial charge in [0, 0.05) is 12.8 Å². The first-order valence-electron chi connectivity index (χ1n) is 37.8. The molecule has 0 rings (SSSR count). The molecule has 0 saturated carbocycles. The van der Waals surface area contributed by atoms with E-state index in [0.29, 0.717) is 19.4 Å². The molecule has 0 aromatic rings. The highest BCUT2D eigenvalue weighted by Gasteiger charge is 2.18. The van der Waals surface area contributed by atoms with Crippen LogP contribution in [0.1, 0.15) is 418 Å². The first-order valence-corrected chi connectivity index (χ1v) is 37.8. The molecule has 0 radical (unpaired) electrons. The van der Waals surface area contributed by atoms with Crippen molar-refractivity contribution in [1.82, 2.24) is 5.32 Å². The van der Waals surface area contributed by atoms with E-state index in [4.69, 9.17) is 4.74 Å². The van der Waals surface area contributed by atoms with Gasteiger partial charge in [-0.1, -0.05) is 378 Å². The summed E-state index contributed by atoms with van der Waals surface area (Å²) in [5, 5.41) is 23.3. The largest absolute Gasteiger partial charge is 0.466 e. The smallest absolute Gasteiger partial charge is 0.305 e. The van der Waals surface area contributed by atoms with E-state index in [0.717, 1.165) is 44.9 Å². The Kier molecular flexibility index (Phi) is 70.9. The number of carbonyl (C=O) groups excluding carboxylic acids is 2. The summed E-state index contributed by atoms with van der Waals surface area (Å²) in [6, 6.07) is -0.632. The van der Waals surface area contributed by atoms with Gasteiger partial charge in [0.2, 0.25) is 5.91 Å². The molecule has 0 fully saturated rings. The second kappa shape index (κ2) is 72.6. The molecule has 490 valence electrons. The van der Waals surface area contributed by atoms with E-state index < -0.39 is 12.1 Å². The molecule has 0 spiro atoms. The standard InChI is InChI=1S/C77H147NO5/c1-3-5-7-9-11-13-15-17-19-20-21-22-23-27-30-33-36-39-42-45-49-53-57-61-65-69-75(80)74(73-79)78-76(81)70-66-62-58-54-50-46-43-40-37-34-31-28-25-24-26-29-32-35-38-41-44-48-52-56-60-64-68-72-83-77(82)71-67-63-59-55-51-47-18-16-14-12-10-8-6-4-2/h24-25,29,32,65,69,74-75,79-80H,3-23,26-28,30-31,33-64,66-68,70-73H2,1-2H3,(H,78,81)/b25-24-,32-29-,69-65+. The number of unbranched alkanes of at least 4 members (excludes halogenated alkanes) is 56. The number of hydrogen-bond donors (Lipinski definition) is 3. The maximum absolute atomic E-state index is 12.5. The van der Waals surface area contributed by atoms with Gasteiger partial charge in [0.1, 0.15) is 0 Å². The molecular weight excluding hydrogens is 1020 g/mol. The van der Waals surface area contributed by atoms with Crippen LogP contribution in [0.15, 0.2) is 36.5 Å². The van der Waals surface area contributed by atoms with Crippen LogP contribution in [-0.2, 0) is 14.3 Å². The lowest BCUT2D eigenvalue weighted by atomic mass is 10.0. The van der Waals surface area contributed by atoms with Crippen LogP contribution in [0.4, 0.5) is 0 Å². The molecule has 0 aliphatic carbocycles. The normalized spacial score (nSPS) is 12.7. The Hall–Kier alpha value is -1.92. The molecule has 0 bridgehead atoms. The minimum absolute atomic E-state index is 0.0132. The third kappa shape index (κ3) is 69.1. The van der Waals surface area contributed by atoms with Crippen LogP contribution in [0.25, 0.3) is 0 Å². The minimum atomic E-state index is -0.849. The number of ether oxygens (including phenoxy) is 1. The highest BCUT2D eigenvalue weighted by Crippen LogP contribution is 2.19. The summed E-state index contributed by atoms with van der Waals surface area (Å²) in [4.78, 5) is 24.6. The monoisotopic (exact) mass is 1170 g/mol. The van der Waals surface area contributed by atoms with E-state index in [2.05, 4.69) is 43.5 Å². The predicted molar refractivity (Wildman–Crippen MR) is 366 cm³/mol. The summed E-state index contributed by atoms with van der Waals surface area (Å²) in [6.07, 6.45) is 93.8. The van der Waals surface area contributed by atoms with Gasteiger partial charge in [0.05, 0.1) is 25.4 Å². The van der Waals surface area contributed by atoms with Crippen molar-refractivity contribution >= 4 is 11.9 Å². The number of allylic oxidation sites excluding steroid dienone is 5. The Balaban J connectivity index is 3.44. The number of hydrogen-bond acceptors (Lipinski definition) is 5. The molecule has 0 saturated heterocycles. The van der Waals surface area contributed by atoms with E-state index in [1.165, 1.54) is 347 Å². The molecule has 2 atom stereocenters. The van der Waals surface area contributed by atoms with Crippen molar-refractivity contribution < 1.29 is 24.5 Å². The Morgan fingerprint density at radius 2 is 0.602 bits per heavy atom. The van der Waals surface area contributed by atoms with Crippen LogP contribution in [0, 0.1) is 0 Å². The van der Waals surface area contributed by atoms with E-state index in [9.17, 15) is 19.8 Å². The van der Waals surface area contributed by atoms with Gasteiger partial charge in [-0.2, -0.15) is 0 Å². The van der Waals surface area contributed by atoms with Crippen molar-refractivity contribution in [3.63, 3.8) is 0 Å². The van der Waals surface area contributed by atoms with Gasteiger partial charge in [-0.3, -0.25) is 9.59 Å². The fourth-order valence-electron chi connectivity index (χ4n) is 11.9. The third-order valence-corrected chi connectivity index (χ3v) is 17.7. The number of amides is 1. The number of nitrogens with one attached hydrogen (secondary N) is 1. The molecule has 2 unspecified atom stereocenters. The van der Waals surface area contributed by atoms with Gasteiger partial charge in [0.15, 0.2) is 0 Å². The van der Waals surface area contributed by atoms with Gasteiger partial charge >= 0.3 is 5.97 Å². The maximum atomic E-state index is 12.5. The molecule has 0 heterocycles. The summed E-state index contributed by atoms with van der Waals surface area (Å²) in [7, 11) is 0. The highest BCUT2D eigenvalue weighted by atomic mass is 16.5. The molecule has 0 aromatic carbocycles. The first kappa shape index (κ1) is 81.1. The van der Waals surface area contributed by atoms with Crippen molar-refractivity contribution in [3.05, 3.63) is 36.5 Å². The van der Waals surface area contributed by atoms with Crippen molar-refractivity contribution in [1.29, 1.82) is 0 Å². The minimum Gasteiger partial charge on any atom is -0.466 e. The lowest BCUT2D eigenvalue weighted by molar-refractivity contribution is -0.143. The fraction of sp³-hybridized carbons (Fsp3) is 0.896. The third-order valence-electron chi connectivity index (χ3n) is 17.7. The van der Waals surface area contributed by atoms with Crippen molar-refractivity contribution in [3.8, 4) is 0 Å². The van der Waals surface area contributed by atoms with Crippen LogP contribution >= 0.6 is 0 Å².